The van der Waals surface area contributed by atoms with Crippen LogP contribution >= 0.6 is 27.7 Å². The Bertz CT molecular complexity index is 362. The van der Waals surface area contributed by atoms with E-state index >= 15 is 0 Å². The van der Waals surface area contributed by atoms with Crippen molar-refractivity contribution in [3.8, 4) is 0 Å². The van der Waals surface area contributed by atoms with Gasteiger partial charge in [0.25, 0.3) is 0 Å². The third-order valence-corrected chi connectivity index (χ3v) is 4.89. The molecule has 1 fully saturated rings. The van der Waals surface area contributed by atoms with Crippen LogP contribution in [0, 0.1) is 0 Å². The number of nitrogen functional groups attached to an aromatic ring is 1. The molecule has 1 aromatic rings. The van der Waals surface area contributed by atoms with Crippen LogP contribution in [0.1, 0.15) is 25.7 Å². The van der Waals surface area contributed by atoms with E-state index in [9.17, 15) is 0 Å². The van der Waals surface area contributed by atoms with E-state index in [0.29, 0.717) is 11.3 Å². The predicted molar refractivity (Wildman–Crippen MR) is 74.6 cm³/mol. The molecule has 0 unspecified atom stereocenters. The van der Waals surface area contributed by atoms with E-state index < -0.39 is 0 Å². The van der Waals surface area contributed by atoms with Crippen molar-refractivity contribution in [3.05, 3.63) is 22.7 Å². The van der Waals surface area contributed by atoms with Gasteiger partial charge in [-0.05, 0) is 43.9 Å². The molecule has 0 radical (unpaired) electrons. The van der Waals surface area contributed by atoms with E-state index in [1.165, 1.54) is 17.7 Å². The minimum absolute atomic E-state index is 0.414. The molecule has 1 aliphatic rings. The largest absolute Gasteiger partial charge is 0.398 e. The number of anilines is 1. The molecule has 4 heteroatoms. The lowest BCUT2D eigenvalue weighted by molar-refractivity contribution is 0.451. The number of nitrogens with two attached hydrogens (primary N) is 2. The van der Waals surface area contributed by atoms with Crippen molar-refractivity contribution in [1.82, 2.24) is 0 Å². The summed E-state index contributed by atoms with van der Waals surface area (Å²) in [7, 11) is 0. The Labute approximate surface area is 109 Å². The molecule has 0 saturated heterocycles. The first-order chi connectivity index (χ1) is 7.65. The smallest absolute Gasteiger partial charge is 0.0453 e. The quantitative estimate of drug-likeness (QED) is 0.823. The molecule has 0 amide bonds. The van der Waals surface area contributed by atoms with Gasteiger partial charge >= 0.3 is 0 Å². The van der Waals surface area contributed by atoms with Crippen molar-refractivity contribution in [2.75, 3.05) is 5.73 Å². The van der Waals surface area contributed by atoms with E-state index in [-0.39, 0.29) is 0 Å². The van der Waals surface area contributed by atoms with Crippen LogP contribution < -0.4 is 11.5 Å². The first kappa shape index (κ1) is 12.3. The molecule has 2 nitrogen and oxygen atoms in total. The Morgan fingerprint density at radius 2 is 1.88 bits per heavy atom. The highest BCUT2D eigenvalue weighted by Gasteiger charge is 2.20. The summed E-state index contributed by atoms with van der Waals surface area (Å²) < 4.78 is 1.09. The van der Waals surface area contributed by atoms with Gasteiger partial charge in [0.1, 0.15) is 0 Å². The summed E-state index contributed by atoms with van der Waals surface area (Å²) >= 11 is 5.38. The molecule has 1 saturated carbocycles. The van der Waals surface area contributed by atoms with Crippen LogP contribution in [0.5, 0.6) is 0 Å². The minimum Gasteiger partial charge on any atom is -0.398 e. The normalized spacial score (nSPS) is 25.6. The third-order valence-electron chi connectivity index (χ3n) is 2.99. The molecule has 16 heavy (non-hydrogen) atoms. The Morgan fingerprint density at radius 3 is 2.56 bits per heavy atom. The summed E-state index contributed by atoms with van der Waals surface area (Å²) in [6.07, 6.45) is 4.70. The zero-order chi connectivity index (χ0) is 11.5. The topological polar surface area (TPSA) is 52.0 Å². The van der Waals surface area contributed by atoms with Crippen molar-refractivity contribution >= 4 is 33.4 Å². The fraction of sp³-hybridized carbons (Fsp3) is 0.500. The average molecular weight is 301 g/mol. The van der Waals surface area contributed by atoms with Crippen molar-refractivity contribution in [3.63, 3.8) is 0 Å². The fourth-order valence-electron chi connectivity index (χ4n) is 2.00. The van der Waals surface area contributed by atoms with Crippen LogP contribution in [0.3, 0.4) is 0 Å². The lowest BCUT2D eigenvalue weighted by Gasteiger charge is -2.25. The highest BCUT2D eigenvalue weighted by atomic mass is 79.9. The standard InChI is InChI=1S/C12H17BrN2S/c13-8-1-6-11(15)12(7-8)16-10-4-2-9(14)3-5-10/h1,6-7,9-10H,2-5,14-15H2. The summed E-state index contributed by atoms with van der Waals surface area (Å²) in [4.78, 5) is 1.19. The molecule has 1 aromatic carbocycles. The second-order valence-corrected chi connectivity index (χ2v) is 6.59. The number of rotatable bonds is 2. The maximum absolute atomic E-state index is 5.97. The Balaban J connectivity index is 2.00. The molecule has 0 aliphatic heterocycles. The van der Waals surface area contributed by atoms with Crippen LogP contribution in [0.4, 0.5) is 5.69 Å². The average Bonchev–Trinajstić information content (AvgIpc) is 2.27. The van der Waals surface area contributed by atoms with Crippen LogP contribution in [0.15, 0.2) is 27.6 Å². The zero-order valence-electron chi connectivity index (χ0n) is 9.16. The van der Waals surface area contributed by atoms with Gasteiger partial charge in [0.2, 0.25) is 0 Å². The van der Waals surface area contributed by atoms with Crippen LogP contribution in [0.2, 0.25) is 0 Å². The second kappa shape index (κ2) is 5.43. The van der Waals surface area contributed by atoms with Gasteiger partial charge in [-0.2, -0.15) is 0 Å². The molecule has 0 spiro atoms. The van der Waals surface area contributed by atoms with Crippen molar-refractivity contribution in [2.24, 2.45) is 5.73 Å². The number of hydrogen-bond acceptors (Lipinski definition) is 3. The first-order valence-corrected chi connectivity index (χ1v) is 7.29. The van der Waals surface area contributed by atoms with Crippen LogP contribution in [0.25, 0.3) is 0 Å². The summed E-state index contributed by atoms with van der Waals surface area (Å²) in [5.74, 6) is 0. The molecule has 0 heterocycles. The van der Waals surface area contributed by atoms with E-state index in [0.717, 1.165) is 23.0 Å². The highest BCUT2D eigenvalue weighted by molar-refractivity contribution is 9.10. The molecule has 1 aliphatic carbocycles. The third kappa shape index (κ3) is 3.15. The zero-order valence-corrected chi connectivity index (χ0v) is 11.6. The Hall–Kier alpha value is -0.190. The molecule has 2 rings (SSSR count). The summed E-state index contributed by atoms with van der Waals surface area (Å²) in [5.41, 5.74) is 12.7. The summed E-state index contributed by atoms with van der Waals surface area (Å²) in [6, 6.07) is 6.46. The van der Waals surface area contributed by atoms with Crippen molar-refractivity contribution < 1.29 is 0 Å². The first-order valence-electron chi connectivity index (χ1n) is 5.62. The summed E-state index contributed by atoms with van der Waals surface area (Å²) in [5, 5.41) is 0.677. The summed E-state index contributed by atoms with van der Waals surface area (Å²) in [6.45, 7) is 0. The van der Waals surface area contributed by atoms with Gasteiger partial charge in [0.05, 0.1) is 0 Å². The predicted octanol–water partition coefficient (Wildman–Crippen LogP) is 3.39. The lowest BCUT2D eigenvalue weighted by atomic mass is 9.96. The maximum atomic E-state index is 5.97. The molecule has 0 bridgehead atoms. The van der Waals surface area contributed by atoms with Gasteiger partial charge < -0.3 is 11.5 Å². The monoisotopic (exact) mass is 300 g/mol. The molecule has 0 aromatic heterocycles. The van der Waals surface area contributed by atoms with E-state index in [2.05, 4.69) is 22.0 Å². The molecule has 0 atom stereocenters. The van der Waals surface area contributed by atoms with E-state index in [1.807, 2.05) is 23.9 Å². The Morgan fingerprint density at radius 1 is 1.19 bits per heavy atom. The molecular formula is C12H17BrN2S. The number of benzene rings is 1. The van der Waals surface area contributed by atoms with Gasteiger partial charge in [-0.3, -0.25) is 0 Å². The SMILES string of the molecule is Nc1ccc(Br)cc1SC1CCC(N)CC1. The van der Waals surface area contributed by atoms with E-state index in [4.69, 9.17) is 11.5 Å². The number of halogens is 1. The van der Waals surface area contributed by atoms with Crippen molar-refractivity contribution in [2.45, 2.75) is 41.9 Å². The molecule has 4 N–H and O–H groups in total. The van der Waals surface area contributed by atoms with Crippen LogP contribution in [-0.2, 0) is 0 Å². The second-order valence-electron chi connectivity index (χ2n) is 4.34. The van der Waals surface area contributed by atoms with Crippen LogP contribution in [-0.4, -0.2) is 11.3 Å². The number of thioether (sulfide) groups is 1. The Kier molecular flexibility index (Phi) is 4.16. The highest BCUT2D eigenvalue weighted by Crippen LogP contribution is 2.37. The fourth-order valence-corrected chi connectivity index (χ4v) is 3.78. The molecule has 88 valence electrons. The lowest BCUT2D eigenvalue weighted by Crippen LogP contribution is -2.27. The maximum Gasteiger partial charge on any atom is 0.0453 e. The number of hydrogen-bond donors (Lipinski definition) is 2. The van der Waals surface area contributed by atoms with Gasteiger partial charge in [-0.25, -0.2) is 0 Å². The van der Waals surface area contributed by atoms with Gasteiger partial charge in [-0.15, -0.1) is 11.8 Å². The molecular weight excluding hydrogens is 284 g/mol. The van der Waals surface area contributed by atoms with Crippen molar-refractivity contribution in [1.29, 1.82) is 0 Å². The van der Waals surface area contributed by atoms with Gasteiger partial charge in [0.15, 0.2) is 0 Å². The van der Waals surface area contributed by atoms with Gasteiger partial charge in [-0.1, -0.05) is 15.9 Å². The van der Waals surface area contributed by atoms with E-state index in [1.54, 1.807) is 0 Å². The van der Waals surface area contributed by atoms with Gasteiger partial charge in [0, 0.05) is 26.3 Å². The minimum atomic E-state index is 0.414.